The van der Waals surface area contributed by atoms with Gasteiger partial charge in [-0.3, -0.25) is 0 Å². The van der Waals surface area contributed by atoms with E-state index in [1.807, 2.05) is 30.3 Å². The van der Waals surface area contributed by atoms with Crippen LogP contribution in [0.2, 0.25) is 0 Å². The molecule has 1 aliphatic rings. The van der Waals surface area contributed by atoms with Gasteiger partial charge in [-0.2, -0.15) is 0 Å². The Morgan fingerprint density at radius 1 is 1.26 bits per heavy atom. The van der Waals surface area contributed by atoms with E-state index >= 15 is 0 Å². The quantitative estimate of drug-likeness (QED) is 0.885. The third-order valence-electron chi connectivity index (χ3n) is 3.97. The highest BCUT2D eigenvalue weighted by Crippen LogP contribution is 2.33. The molecule has 0 fully saturated rings. The maximum Gasteiger partial charge on any atom is 0.407 e. The molecule has 1 atom stereocenters. The van der Waals surface area contributed by atoms with Gasteiger partial charge in [-0.05, 0) is 35.7 Å². The summed E-state index contributed by atoms with van der Waals surface area (Å²) in [5.41, 5.74) is 2.90. The van der Waals surface area contributed by atoms with Crippen molar-refractivity contribution in [2.75, 3.05) is 18.4 Å². The molecule has 1 unspecified atom stereocenters. The molecule has 0 spiro atoms. The molecule has 0 aliphatic carbocycles. The minimum atomic E-state index is -0.431. The fraction of sp³-hybridized carbons (Fsp3) is 0.278. The van der Waals surface area contributed by atoms with Gasteiger partial charge in [0.1, 0.15) is 12.4 Å². The average molecular weight is 314 g/mol. The lowest BCUT2D eigenvalue weighted by Crippen LogP contribution is -2.26. The Kier molecular flexibility index (Phi) is 4.76. The monoisotopic (exact) mass is 314 g/mol. The normalized spacial score (nSPS) is 15.6. The van der Waals surface area contributed by atoms with Crippen molar-refractivity contribution in [3.05, 3.63) is 65.5 Å². The van der Waals surface area contributed by atoms with E-state index in [1.165, 1.54) is 6.07 Å². The van der Waals surface area contributed by atoms with E-state index in [-0.39, 0.29) is 18.3 Å². The van der Waals surface area contributed by atoms with Crippen molar-refractivity contribution < 1.29 is 13.9 Å². The van der Waals surface area contributed by atoms with Gasteiger partial charge in [0.05, 0.1) is 0 Å². The minimum Gasteiger partial charge on any atom is -0.445 e. The number of amides is 1. The standard InChI is InChI=1S/C18H19FN2O2/c19-15-6-7-17-16(10-15)14(11-21-17)8-9-20-18(22)23-12-13-4-2-1-3-5-13/h1-7,10,14,21H,8-9,11-12H2,(H,20,22). The second-order valence-corrected chi connectivity index (χ2v) is 5.59. The van der Waals surface area contributed by atoms with Crippen LogP contribution in [-0.2, 0) is 11.3 Å². The number of anilines is 1. The fourth-order valence-electron chi connectivity index (χ4n) is 2.76. The second kappa shape index (κ2) is 7.13. The third-order valence-corrected chi connectivity index (χ3v) is 3.97. The van der Waals surface area contributed by atoms with Gasteiger partial charge in [-0.1, -0.05) is 30.3 Å². The van der Waals surface area contributed by atoms with Crippen molar-refractivity contribution in [3.63, 3.8) is 0 Å². The molecule has 5 heteroatoms. The van der Waals surface area contributed by atoms with Gasteiger partial charge in [0.2, 0.25) is 0 Å². The second-order valence-electron chi connectivity index (χ2n) is 5.59. The highest BCUT2D eigenvalue weighted by molar-refractivity contribution is 5.67. The predicted molar refractivity (Wildman–Crippen MR) is 86.9 cm³/mol. The van der Waals surface area contributed by atoms with Crippen LogP contribution in [0.5, 0.6) is 0 Å². The lowest BCUT2D eigenvalue weighted by atomic mass is 9.98. The van der Waals surface area contributed by atoms with E-state index in [4.69, 9.17) is 4.74 Å². The molecule has 0 saturated carbocycles. The van der Waals surface area contributed by atoms with Crippen molar-refractivity contribution in [1.29, 1.82) is 0 Å². The van der Waals surface area contributed by atoms with Gasteiger partial charge in [-0.25, -0.2) is 9.18 Å². The zero-order valence-electron chi connectivity index (χ0n) is 12.7. The first kappa shape index (κ1) is 15.3. The summed E-state index contributed by atoms with van der Waals surface area (Å²) in [5.74, 6) is -0.0252. The molecule has 23 heavy (non-hydrogen) atoms. The summed E-state index contributed by atoms with van der Waals surface area (Å²) in [7, 11) is 0. The lowest BCUT2D eigenvalue weighted by molar-refractivity contribution is 0.139. The fourth-order valence-corrected chi connectivity index (χ4v) is 2.76. The average Bonchev–Trinajstić information content (AvgIpc) is 2.96. The van der Waals surface area contributed by atoms with Crippen molar-refractivity contribution in [3.8, 4) is 0 Å². The zero-order chi connectivity index (χ0) is 16.1. The highest BCUT2D eigenvalue weighted by Gasteiger charge is 2.22. The van der Waals surface area contributed by atoms with Gasteiger partial charge in [0.15, 0.2) is 0 Å². The third kappa shape index (κ3) is 4.00. The molecule has 0 radical (unpaired) electrons. The summed E-state index contributed by atoms with van der Waals surface area (Å²) < 4.78 is 18.5. The first-order valence-corrected chi connectivity index (χ1v) is 7.70. The number of carbonyl (C=O) groups excluding carboxylic acids is 1. The summed E-state index contributed by atoms with van der Waals surface area (Å²) in [6, 6.07) is 14.3. The topological polar surface area (TPSA) is 50.4 Å². The Balaban J connectivity index is 1.42. The summed E-state index contributed by atoms with van der Waals surface area (Å²) in [5, 5.41) is 5.99. The van der Waals surface area contributed by atoms with E-state index in [0.717, 1.165) is 29.8 Å². The number of ether oxygens (including phenoxy) is 1. The van der Waals surface area contributed by atoms with Crippen LogP contribution in [0.1, 0.15) is 23.5 Å². The summed E-state index contributed by atoms with van der Waals surface area (Å²) in [6.07, 6.45) is 0.309. The van der Waals surface area contributed by atoms with Crippen LogP contribution in [0.25, 0.3) is 0 Å². The van der Waals surface area contributed by atoms with Gasteiger partial charge in [0, 0.05) is 24.7 Å². The maximum atomic E-state index is 13.3. The molecule has 1 heterocycles. The Morgan fingerprint density at radius 2 is 2.09 bits per heavy atom. The highest BCUT2D eigenvalue weighted by atomic mass is 19.1. The molecular weight excluding hydrogens is 295 g/mol. The predicted octanol–water partition coefficient (Wildman–Crippen LogP) is 3.65. The molecule has 0 saturated heterocycles. The van der Waals surface area contributed by atoms with Crippen molar-refractivity contribution in [1.82, 2.24) is 5.32 Å². The van der Waals surface area contributed by atoms with Crippen LogP contribution < -0.4 is 10.6 Å². The molecule has 120 valence electrons. The number of hydrogen-bond donors (Lipinski definition) is 2. The van der Waals surface area contributed by atoms with Gasteiger partial charge >= 0.3 is 6.09 Å². The molecule has 1 amide bonds. The number of hydrogen-bond acceptors (Lipinski definition) is 3. The lowest BCUT2D eigenvalue weighted by Gasteiger charge is -2.11. The minimum absolute atomic E-state index is 0.204. The maximum absolute atomic E-state index is 13.3. The van der Waals surface area contributed by atoms with Crippen LogP contribution in [0, 0.1) is 5.82 Å². The Hall–Kier alpha value is -2.56. The number of carbonyl (C=O) groups is 1. The number of rotatable bonds is 5. The van der Waals surface area contributed by atoms with E-state index in [2.05, 4.69) is 10.6 Å². The summed E-state index contributed by atoms with van der Waals surface area (Å²) in [4.78, 5) is 11.7. The number of benzene rings is 2. The number of fused-ring (bicyclic) bond motifs is 1. The van der Waals surface area contributed by atoms with Crippen molar-refractivity contribution >= 4 is 11.8 Å². The number of halogens is 1. The smallest absolute Gasteiger partial charge is 0.407 e. The molecule has 2 aromatic rings. The van der Waals surface area contributed by atoms with E-state index in [0.29, 0.717) is 6.54 Å². The molecule has 1 aliphatic heterocycles. The van der Waals surface area contributed by atoms with Crippen LogP contribution in [0.15, 0.2) is 48.5 Å². The Morgan fingerprint density at radius 3 is 2.91 bits per heavy atom. The van der Waals surface area contributed by atoms with Crippen molar-refractivity contribution in [2.45, 2.75) is 18.9 Å². The summed E-state index contributed by atoms with van der Waals surface area (Å²) >= 11 is 0. The molecule has 0 bridgehead atoms. The molecule has 3 rings (SSSR count). The Bertz CT molecular complexity index is 676. The van der Waals surface area contributed by atoms with Crippen LogP contribution in [0.3, 0.4) is 0 Å². The first-order valence-electron chi connectivity index (χ1n) is 7.70. The molecule has 2 aromatic carbocycles. The molecule has 2 N–H and O–H groups in total. The summed E-state index contributed by atoms with van der Waals surface area (Å²) in [6.45, 7) is 1.52. The SMILES string of the molecule is O=C(NCCC1CNc2ccc(F)cc21)OCc1ccccc1. The molecule has 4 nitrogen and oxygen atoms in total. The van der Waals surface area contributed by atoms with Crippen LogP contribution in [0.4, 0.5) is 14.9 Å². The van der Waals surface area contributed by atoms with Gasteiger partial charge in [0.25, 0.3) is 0 Å². The largest absolute Gasteiger partial charge is 0.445 e. The molecular formula is C18H19FN2O2. The number of nitrogens with one attached hydrogen (secondary N) is 2. The number of alkyl carbamates (subject to hydrolysis) is 1. The van der Waals surface area contributed by atoms with Crippen molar-refractivity contribution in [2.24, 2.45) is 0 Å². The first-order chi connectivity index (χ1) is 11.2. The van der Waals surface area contributed by atoms with E-state index < -0.39 is 6.09 Å². The van der Waals surface area contributed by atoms with Gasteiger partial charge < -0.3 is 15.4 Å². The van der Waals surface area contributed by atoms with E-state index in [1.54, 1.807) is 12.1 Å². The zero-order valence-corrected chi connectivity index (χ0v) is 12.7. The molecule has 0 aromatic heterocycles. The van der Waals surface area contributed by atoms with Crippen LogP contribution in [-0.4, -0.2) is 19.2 Å². The Labute approximate surface area is 134 Å². The van der Waals surface area contributed by atoms with Gasteiger partial charge in [-0.15, -0.1) is 0 Å². The van der Waals surface area contributed by atoms with E-state index in [9.17, 15) is 9.18 Å². The van der Waals surface area contributed by atoms with Crippen LogP contribution >= 0.6 is 0 Å².